The zero-order valence-electron chi connectivity index (χ0n) is 15.3. The van der Waals surface area contributed by atoms with E-state index in [0.717, 1.165) is 10.6 Å². The average Bonchev–Trinajstić information content (AvgIpc) is 2.69. The molecule has 0 aliphatic carbocycles. The normalized spacial score (nSPS) is 12.3. The Hall–Kier alpha value is -3.55. The summed E-state index contributed by atoms with van der Waals surface area (Å²) in [6, 6.07) is 15.9. The molecule has 3 rings (SSSR count). The number of hydrogen-bond donors (Lipinski definition) is 1. The summed E-state index contributed by atoms with van der Waals surface area (Å²) in [6.07, 6.45) is -3.97. The number of nitrogens with one attached hydrogen (secondary N) is 1. The number of pyridine rings is 1. The second-order valence-corrected chi connectivity index (χ2v) is 6.27. The first-order valence-electron chi connectivity index (χ1n) is 8.67. The SMILES string of the molecule is CC(C(=O)Nc1ccc(Oc2ccccc2)cc1)n1cc(C(F)(F)F)ccc1=O. The second kappa shape index (κ2) is 8.22. The molecule has 150 valence electrons. The van der Waals surface area contributed by atoms with Crippen molar-refractivity contribution in [2.75, 3.05) is 5.32 Å². The molecule has 0 fully saturated rings. The summed E-state index contributed by atoms with van der Waals surface area (Å²) in [5.41, 5.74) is -1.28. The van der Waals surface area contributed by atoms with Crippen LogP contribution in [0.1, 0.15) is 18.5 Å². The first kappa shape index (κ1) is 20.2. The van der Waals surface area contributed by atoms with Gasteiger partial charge in [-0.05, 0) is 49.4 Å². The summed E-state index contributed by atoms with van der Waals surface area (Å²) in [5, 5.41) is 2.58. The Kier molecular flexibility index (Phi) is 5.72. The molecule has 1 heterocycles. The molecule has 0 spiro atoms. The highest BCUT2D eigenvalue weighted by Gasteiger charge is 2.32. The molecule has 2 aromatic carbocycles. The standard InChI is InChI=1S/C21H17F3N2O3/c1-14(26-13-15(21(22,23)24)7-12-19(26)27)20(28)25-16-8-10-18(11-9-16)29-17-5-3-2-4-6-17/h2-14H,1H3,(H,25,28). The van der Waals surface area contributed by atoms with Crippen molar-refractivity contribution in [1.29, 1.82) is 0 Å². The minimum absolute atomic E-state index is 0.419. The zero-order valence-corrected chi connectivity index (χ0v) is 15.3. The van der Waals surface area contributed by atoms with Gasteiger partial charge in [0, 0.05) is 18.0 Å². The van der Waals surface area contributed by atoms with Gasteiger partial charge in [0.1, 0.15) is 17.5 Å². The Morgan fingerprint density at radius 2 is 1.59 bits per heavy atom. The summed E-state index contributed by atoms with van der Waals surface area (Å²) < 4.78 is 45.0. The van der Waals surface area contributed by atoms with E-state index in [0.29, 0.717) is 29.4 Å². The van der Waals surface area contributed by atoms with Crippen molar-refractivity contribution < 1.29 is 22.7 Å². The lowest BCUT2D eigenvalue weighted by Crippen LogP contribution is -2.31. The van der Waals surface area contributed by atoms with Crippen molar-refractivity contribution in [3.8, 4) is 11.5 Å². The summed E-state index contributed by atoms with van der Waals surface area (Å²) >= 11 is 0. The number of hydrogen-bond acceptors (Lipinski definition) is 3. The minimum Gasteiger partial charge on any atom is -0.457 e. The van der Waals surface area contributed by atoms with Gasteiger partial charge in [0.25, 0.3) is 5.56 Å². The second-order valence-electron chi connectivity index (χ2n) is 6.27. The van der Waals surface area contributed by atoms with Crippen LogP contribution in [0.4, 0.5) is 18.9 Å². The molecule has 5 nitrogen and oxygen atoms in total. The van der Waals surface area contributed by atoms with E-state index < -0.39 is 29.2 Å². The van der Waals surface area contributed by atoms with Crippen molar-refractivity contribution in [3.05, 3.63) is 88.8 Å². The Morgan fingerprint density at radius 3 is 2.21 bits per heavy atom. The molecule has 1 atom stereocenters. The number of alkyl halides is 3. The van der Waals surface area contributed by atoms with E-state index in [1.165, 1.54) is 6.92 Å². The molecule has 1 unspecified atom stereocenters. The summed E-state index contributed by atoms with van der Waals surface area (Å²) in [6.45, 7) is 1.35. The van der Waals surface area contributed by atoms with E-state index in [4.69, 9.17) is 4.74 Å². The largest absolute Gasteiger partial charge is 0.457 e. The fourth-order valence-corrected chi connectivity index (χ4v) is 2.58. The molecule has 0 aliphatic heterocycles. The maximum atomic E-state index is 12.9. The molecule has 1 N–H and O–H groups in total. The number of anilines is 1. The third kappa shape index (κ3) is 5.04. The topological polar surface area (TPSA) is 60.3 Å². The van der Waals surface area contributed by atoms with Crippen LogP contribution in [0.15, 0.2) is 77.7 Å². The number of nitrogens with zero attached hydrogens (tertiary/aromatic N) is 1. The van der Waals surface area contributed by atoms with E-state index in [9.17, 15) is 22.8 Å². The monoisotopic (exact) mass is 402 g/mol. The van der Waals surface area contributed by atoms with Crippen LogP contribution >= 0.6 is 0 Å². The molecule has 0 saturated carbocycles. The highest BCUT2D eigenvalue weighted by atomic mass is 19.4. The van der Waals surface area contributed by atoms with Gasteiger partial charge in [0.05, 0.1) is 5.56 Å². The van der Waals surface area contributed by atoms with Crippen LogP contribution < -0.4 is 15.6 Å². The van der Waals surface area contributed by atoms with Gasteiger partial charge in [0.2, 0.25) is 5.91 Å². The highest BCUT2D eigenvalue weighted by molar-refractivity contribution is 5.93. The van der Waals surface area contributed by atoms with Crippen molar-refractivity contribution in [2.45, 2.75) is 19.1 Å². The number of para-hydroxylation sites is 1. The minimum atomic E-state index is -4.61. The van der Waals surface area contributed by atoms with E-state index in [-0.39, 0.29) is 0 Å². The van der Waals surface area contributed by atoms with Crippen molar-refractivity contribution in [3.63, 3.8) is 0 Å². The number of amides is 1. The van der Waals surface area contributed by atoms with E-state index in [2.05, 4.69) is 5.32 Å². The number of ether oxygens (including phenoxy) is 1. The molecular formula is C21H17F3N2O3. The van der Waals surface area contributed by atoms with Crippen LogP contribution in [-0.4, -0.2) is 10.5 Å². The average molecular weight is 402 g/mol. The Labute approximate surface area is 164 Å². The lowest BCUT2D eigenvalue weighted by atomic mass is 10.2. The van der Waals surface area contributed by atoms with Crippen molar-refractivity contribution in [2.24, 2.45) is 0 Å². The van der Waals surface area contributed by atoms with Gasteiger partial charge in [-0.2, -0.15) is 13.2 Å². The van der Waals surface area contributed by atoms with Crippen LogP contribution in [-0.2, 0) is 11.0 Å². The quantitative estimate of drug-likeness (QED) is 0.663. The molecular weight excluding hydrogens is 385 g/mol. The Balaban J connectivity index is 1.71. The molecule has 29 heavy (non-hydrogen) atoms. The molecule has 0 radical (unpaired) electrons. The molecule has 1 aromatic heterocycles. The molecule has 0 bridgehead atoms. The van der Waals surface area contributed by atoms with Crippen LogP contribution in [0, 0.1) is 0 Å². The van der Waals surface area contributed by atoms with Gasteiger partial charge >= 0.3 is 6.18 Å². The van der Waals surface area contributed by atoms with Gasteiger partial charge in [-0.3, -0.25) is 9.59 Å². The predicted octanol–water partition coefficient (Wildman–Crippen LogP) is 4.86. The summed E-state index contributed by atoms with van der Waals surface area (Å²) in [7, 11) is 0. The zero-order chi connectivity index (χ0) is 21.0. The van der Waals surface area contributed by atoms with E-state index >= 15 is 0 Å². The first-order valence-corrected chi connectivity index (χ1v) is 8.67. The van der Waals surface area contributed by atoms with Crippen LogP contribution in [0.5, 0.6) is 11.5 Å². The predicted molar refractivity (Wildman–Crippen MR) is 102 cm³/mol. The molecule has 0 saturated heterocycles. The molecule has 0 aliphatic rings. The maximum absolute atomic E-state index is 12.9. The van der Waals surface area contributed by atoms with Gasteiger partial charge in [-0.25, -0.2) is 0 Å². The first-order chi connectivity index (χ1) is 13.7. The van der Waals surface area contributed by atoms with Crippen LogP contribution in [0.3, 0.4) is 0 Å². The molecule has 1 amide bonds. The smallest absolute Gasteiger partial charge is 0.417 e. The molecule has 3 aromatic rings. The highest BCUT2D eigenvalue weighted by Crippen LogP contribution is 2.28. The summed E-state index contributed by atoms with van der Waals surface area (Å²) in [4.78, 5) is 24.3. The van der Waals surface area contributed by atoms with E-state index in [1.54, 1.807) is 36.4 Å². The lowest BCUT2D eigenvalue weighted by Gasteiger charge is -2.17. The molecule has 8 heteroatoms. The van der Waals surface area contributed by atoms with Gasteiger partial charge < -0.3 is 14.6 Å². The Morgan fingerprint density at radius 1 is 0.966 bits per heavy atom. The number of carbonyl (C=O) groups excluding carboxylic acids is 1. The number of aromatic nitrogens is 1. The third-order valence-corrected chi connectivity index (χ3v) is 4.16. The van der Waals surface area contributed by atoms with Crippen LogP contribution in [0.2, 0.25) is 0 Å². The third-order valence-electron chi connectivity index (χ3n) is 4.16. The summed E-state index contributed by atoms with van der Waals surface area (Å²) in [5.74, 6) is 0.585. The van der Waals surface area contributed by atoms with Crippen molar-refractivity contribution >= 4 is 11.6 Å². The lowest BCUT2D eigenvalue weighted by molar-refractivity contribution is -0.138. The van der Waals surface area contributed by atoms with Crippen molar-refractivity contribution in [1.82, 2.24) is 4.57 Å². The Bertz CT molecular complexity index is 1050. The fraction of sp³-hybridized carbons (Fsp3) is 0.143. The number of rotatable bonds is 5. The number of carbonyl (C=O) groups is 1. The van der Waals surface area contributed by atoms with Crippen LogP contribution in [0.25, 0.3) is 0 Å². The van der Waals surface area contributed by atoms with Gasteiger partial charge in [-0.1, -0.05) is 18.2 Å². The van der Waals surface area contributed by atoms with E-state index in [1.807, 2.05) is 18.2 Å². The number of benzene rings is 2. The van der Waals surface area contributed by atoms with Gasteiger partial charge in [0.15, 0.2) is 0 Å². The maximum Gasteiger partial charge on any atom is 0.417 e. The fourth-order valence-electron chi connectivity index (χ4n) is 2.58. The number of halogens is 3. The van der Waals surface area contributed by atoms with Gasteiger partial charge in [-0.15, -0.1) is 0 Å².